The van der Waals surface area contributed by atoms with E-state index < -0.39 is 0 Å². The van der Waals surface area contributed by atoms with Crippen molar-refractivity contribution in [1.29, 1.82) is 0 Å². The maximum absolute atomic E-state index is 13.8. The van der Waals surface area contributed by atoms with Crippen molar-refractivity contribution in [2.45, 2.75) is 39.7 Å². The third kappa shape index (κ3) is 6.66. The van der Waals surface area contributed by atoms with Crippen LogP contribution in [0.25, 0.3) is 16.8 Å². The molecule has 0 aliphatic rings. The third-order valence-electron chi connectivity index (χ3n) is 7.17. The van der Waals surface area contributed by atoms with Gasteiger partial charge in [-0.3, -0.25) is 9.59 Å². The summed E-state index contributed by atoms with van der Waals surface area (Å²) in [6.45, 7) is 8.48. The van der Waals surface area contributed by atoms with Gasteiger partial charge in [-0.1, -0.05) is 112 Å². The van der Waals surface area contributed by atoms with Crippen LogP contribution in [0.1, 0.15) is 48.0 Å². The van der Waals surface area contributed by atoms with Crippen molar-refractivity contribution in [2.75, 3.05) is 11.9 Å². The minimum absolute atomic E-state index is 0.113. The second kappa shape index (κ2) is 12.3. The Kier molecular flexibility index (Phi) is 8.34. The molecule has 0 bridgehead atoms. The fourth-order valence-corrected chi connectivity index (χ4v) is 4.80. The Hall–Kier alpha value is -4.97. The van der Waals surface area contributed by atoms with E-state index in [2.05, 4.69) is 26.1 Å². The molecule has 1 aromatic heterocycles. The first-order valence-electron chi connectivity index (χ1n) is 14.1. The number of nitrogens with zero attached hydrogens (tertiary/aromatic N) is 3. The summed E-state index contributed by atoms with van der Waals surface area (Å²) in [5, 5.41) is 7.90. The van der Waals surface area contributed by atoms with Gasteiger partial charge in [0.15, 0.2) is 0 Å². The number of carbonyl (C=O) groups excluding carboxylic acids is 2. The number of aromatic nitrogens is 2. The lowest BCUT2D eigenvalue weighted by Crippen LogP contribution is -2.37. The number of para-hydroxylation sites is 1. The largest absolute Gasteiger partial charge is 0.325 e. The predicted octanol–water partition coefficient (Wildman–Crippen LogP) is 7.43. The van der Waals surface area contributed by atoms with Gasteiger partial charge in [0.25, 0.3) is 5.91 Å². The molecule has 5 aromatic rings. The lowest BCUT2D eigenvalue weighted by atomic mass is 9.92. The third-order valence-corrected chi connectivity index (χ3v) is 7.17. The van der Waals surface area contributed by atoms with Gasteiger partial charge < -0.3 is 10.2 Å². The van der Waals surface area contributed by atoms with Crippen LogP contribution in [-0.4, -0.2) is 33.0 Å². The molecule has 5 rings (SSSR count). The van der Waals surface area contributed by atoms with Crippen molar-refractivity contribution in [3.63, 3.8) is 0 Å². The molecule has 42 heavy (non-hydrogen) atoms. The van der Waals surface area contributed by atoms with Crippen molar-refractivity contribution in [3.8, 4) is 16.8 Å². The van der Waals surface area contributed by atoms with E-state index in [4.69, 9.17) is 5.10 Å². The van der Waals surface area contributed by atoms with Crippen LogP contribution < -0.4 is 5.32 Å². The van der Waals surface area contributed by atoms with Crippen LogP contribution in [0.3, 0.4) is 0 Å². The average Bonchev–Trinajstić information content (AvgIpc) is 3.42. The first-order chi connectivity index (χ1) is 20.2. The molecule has 0 unspecified atom stereocenters. The number of benzene rings is 4. The number of hydrogen-bond donors (Lipinski definition) is 1. The second-order valence-corrected chi connectivity index (χ2v) is 11.5. The molecular weight excluding hydrogens is 520 g/mol. The molecule has 0 saturated heterocycles. The zero-order valence-corrected chi connectivity index (χ0v) is 24.5. The first-order valence-corrected chi connectivity index (χ1v) is 14.1. The van der Waals surface area contributed by atoms with Gasteiger partial charge in [0, 0.05) is 23.6 Å². The summed E-state index contributed by atoms with van der Waals surface area (Å²) >= 11 is 0. The fraction of sp³-hybridized carbons (Fsp3) is 0.194. The van der Waals surface area contributed by atoms with Crippen molar-refractivity contribution in [3.05, 3.63) is 138 Å². The van der Waals surface area contributed by atoms with Crippen molar-refractivity contribution < 1.29 is 9.59 Å². The number of hydrogen-bond acceptors (Lipinski definition) is 3. The molecule has 6 heteroatoms. The summed E-state index contributed by atoms with van der Waals surface area (Å²) in [5.74, 6) is 0.0605. The van der Waals surface area contributed by atoms with E-state index in [1.807, 2.05) is 122 Å². The van der Waals surface area contributed by atoms with Crippen LogP contribution in [0, 0.1) is 6.92 Å². The minimum Gasteiger partial charge on any atom is -0.325 e. The van der Waals surface area contributed by atoms with E-state index in [-0.39, 0.29) is 23.8 Å². The monoisotopic (exact) mass is 556 g/mol. The quantitative estimate of drug-likeness (QED) is 0.216. The SMILES string of the molecule is Cc1ccccc1-n1nc(C(C)(C)C)cc1NC(=O)CN(Cc1ccccc1)C(=O)c1ccc(-c2ccccc2)cc1. The van der Waals surface area contributed by atoms with Crippen LogP contribution in [0.4, 0.5) is 5.82 Å². The molecule has 0 fully saturated rings. The van der Waals surface area contributed by atoms with Crippen LogP contribution in [0.15, 0.2) is 115 Å². The fourth-order valence-electron chi connectivity index (χ4n) is 4.80. The van der Waals surface area contributed by atoms with Crippen LogP contribution in [0.5, 0.6) is 0 Å². The highest BCUT2D eigenvalue weighted by molar-refractivity contribution is 5.99. The topological polar surface area (TPSA) is 67.2 Å². The number of aryl methyl sites for hydroxylation is 1. The van der Waals surface area contributed by atoms with Crippen molar-refractivity contribution >= 4 is 17.6 Å². The summed E-state index contributed by atoms with van der Waals surface area (Å²) in [5.41, 5.74) is 6.15. The van der Waals surface area contributed by atoms with E-state index in [9.17, 15) is 9.59 Å². The molecule has 0 radical (unpaired) electrons. The number of amides is 2. The molecule has 4 aromatic carbocycles. The average molecular weight is 557 g/mol. The van der Waals surface area contributed by atoms with Gasteiger partial charge in [-0.15, -0.1) is 0 Å². The maximum atomic E-state index is 13.8. The van der Waals surface area contributed by atoms with Gasteiger partial charge in [0.05, 0.1) is 11.4 Å². The molecular formula is C36H36N4O2. The van der Waals surface area contributed by atoms with Gasteiger partial charge in [0.1, 0.15) is 12.4 Å². The molecule has 0 saturated carbocycles. The number of carbonyl (C=O) groups is 2. The number of nitrogens with one attached hydrogen (secondary N) is 1. The highest BCUT2D eigenvalue weighted by Crippen LogP contribution is 2.27. The van der Waals surface area contributed by atoms with Gasteiger partial charge in [-0.05, 0) is 47.4 Å². The van der Waals surface area contributed by atoms with E-state index >= 15 is 0 Å². The first kappa shape index (κ1) is 28.6. The zero-order chi connectivity index (χ0) is 29.7. The standard InChI is InChI=1S/C36H36N4O2/c1-26-13-11-12-18-31(26)40-33(23-32(38-40)36(2,3)4)37-34(41)25-39(24-27-14-7-5-8-15-27)35(42)30-21-19-29(20-22-30)28-16-9-6-10-17-28/h5-23H,24-25H2,1-4H3,(H,37,41). The Labute approximate surface area is 247 Å². The summed E-state index contributed by atoms with van der Waals surface area (Å²) in [6.07, 6.45) is 0. The highest BCUT2D eigenvalue weighted by atomic mass is 16.2. The molecule has 6 nitrogen and oxygen atoms in total. The second-order valence-electron chi connectivity index (χ2n) is 11.5. The maximum Gasteiger partial charge on any atom is 0.254 e. The number of anilines is 1. The molecule has 0 aliphatic carbocycles. The molecule has 1 N–H and O–H groups in total. The smallest absolute Gasteiger partial charge is 0.254 e. The Bertz CT molecular complexity index is 1670. The van der Waals surface area contributed by atoms with Crippen molar-refractivity contribution in [1.82, 2.24) is 14.7 Å². The Morgan fingerprint density at radius 3 is 2.02 bits per heavy atom. The molecule has 0 atom stereocenters. The van der Waals surface area contributed by atoms with E-state index in [1.165, 1.54) is 0 Å². The molecule has 0 spiro atoms. The summed E-state index contributed by atoms with van der Waals surface area (Å²) < 4.78 is 1.78. The van der Waals surface area contributed by atoms with Crippen molar-refractivity contribution in [2.24, 2.45) is 0 Å². The predicted molar refractivity (Wildman–Crippen MR) is 169 cm³/mol. The Morgan fingerprint density at radius 1 is 0.786 bits per heavy atom. The summed E-state index contributed by atoms with van der Waals surface area (Å²) in [4.78, 5) is 28.9. The van der Waals surface area contributed by atoms with E-state index in [1.54, 1.807) is 9.58 Å². The summed E-state index contributed by atoms with van der Waals surface area (Å²) in [7, 11) is 0. The van der Waals surface area contributed by atoms with E-state index in [0.29, 0.717) is 17.9 Å². The summed E-state index contributed by atoms with van der Waals surface area (Å²) in [6, 6.07) is 37.1. The minimum atomic E-state index is -0.296. The molecule has 2 amide bonds. The highest BCUT2D eigenvalue weighted by Gasteiger charge is 2.24. The van der Waals surface area contributed by atoms with Gasteiger partial charge in [-0.2, -0.15) is 5.10 Å². The van der Waals surface area contributed by atoms with Gasteiger partial charge in [-0.25, -0.2) is 4.68 Å². The normalized spacial score (nSPS) is 11.2. The van der Waals surface area contributed by atoms with Gasteiger partial charge in [0.2, 0.25) is 5.91 Å². The lowest BCUT2D eigenvalue weighted by Gasteiger charge is -2.23. The van der Waals surface area contributed by atoms with Crippen LogP contribution in [0.2, 0.25) is 0 Å². The van der Waals surface area contributed by atoms with Crippen LogP contribution >= 0.6 is 0 Å². The zero-order valence-electron chi connectivity index (χ0n) is 24.5. The Balaban J connectivity index is 1.41. The van der Waals surface area contributed by atoms with Crippen LogP contribution in [-0.2, 0) is 16.8 Å². The molecule has 212 valence electrons. The molecule has 1 heterocycles. The lowest BCUT2D eigenvalue weighted by molar-refractivity contribution is -0.117. The number of rotatable bonds is 8. The van der Waals surface area contributed by atoms with Gasteiger partial charge >= 0.3 is 0 Å². The van der Waals surface area contributed by atoms with E-state index in [0.717, 1.165) is 33.6 Å². The Morgan fingerprint density at radius 2 is 1.38 bits per heavy atom. The molecule has 0 aliphatic heterocycles.